The molecule has 0 heterocycles. The van der Waals surface area contributed by atoms with Gasteiger partial charge in [-0.2, -0.15) is 0 Å². The maximum Gasteiger partial charge on any atom is 0.316 e. The molecule has 0 bridgehead atoms. The number of hydrogen-bond donors (Lipinski definition) is 2. The molecule has 0 spiro atoms. The van der Waals surface area contributed by atoms with Gasteiger partial charge in [0.2, 0.25) is 5.91 Å². The summed E-state index contributed by atoms with van der Waals surface area (Å²) in [6.07, 6.45) is 0. The van der Waals surface area contributed by atoms with Crippen LogP contribution in [0.15, 0.2) is 0 Å². The Morgan fingerprint density at radius 1 is 1.33 bits per heavy atom. The highest BCUT2D eigenvalue weighted by molar-refractivity contribution is 8.01. The van der Waals surface area contributed by atoms with Gasteiger partial charge in [-0.05, 0) is 19.8 Å². The molecule has 15 heavy (non-hydrogen) atoms. The molecule has 4 nitrogen and oxygen atoms in total. The Bertz CT molecular complexity index is 231. The molecule has 0 radical (unpaired) electrons. The second kappa shape index (κ2) is 6.71. The largest absolute Gasteiger partial charge is 0.480 e. The summed E-state index contributed by atoms with van der Waals surface area (Å²) in [5, 5.41) is 10.8. The van der Waals surface area contributed by atoms with Crippen molar-refractivity contribution in [3.8, 4) is 0 Å². The molecule has 0 aliphatic rings. The van der Waals surface area contributed by atoms with Crippen LogP contribution < -0.4 is 5.32 Å². The highest BCUT2D eigenvalue weighted by Crippen LogP contribution is 2.24. The van der Waals surface area contributed by atoms with Crippen LogP contribution in [0, 0.1) is 5.92 Å². The maximum atomic E-state index is 11.4. The highest BCUT2D eigenvalue weighted by atomic mass is 32.2. The smallest absolute Gasteiger partial charge is 0.316 e. The van der Waals surface area contributed by atoms with Gasteiger partial charge >= 0.3 is 5.97 Å². The van der Waals surface area contributed by atoms with Crippen molar-refractivity contribution in [1.82, 2.24) is 5.32 Å². The molecule has 2 unspecified atom stereocenters. The van der Waals surface area contributed by atoms with E-state index >= 15 is 0 Å². The van der Waals surface area contributed by atoms with Gasteiger partial charge in [-0.15, -0.1) is 11.8 Å². The molecule has 0 fully saturated rings. The van der Waals surface area contributed by atoms with E-state index in [1.807, 2.05) is 20.8 Å². The first kappa shape index (κ1) is 14.3. The summed E-state index contributed by atoms with van der Waals surface area (Å²) in [4.78, 5) is 22.3. The van der Waals surface area contributed by atoms with Gasteiger partial charge in [0.1, 0.15) is 5.25 Å². The number of nitrogens with one attached hydrogen (secondary N) is 1. The lowest BCUT2D eigenvalue weighted by Crippen LogP contribution is -2.34. The van der Waals surface area contributed by atoms with Gasteiger partial charge in [-0.3, -0.25) is 9.59 Å². The normalized spacial score (nSPS) is 14.7. The number of carboxylic acid groups (broad SMARTS) is 1. The molecule has 0 saturated heterocycles. The molecular weight excluding hydrogens is 214 g/mol. The van der Waals surface area contributed by atoms with Crippen LogP contribution in [0.2, 0.25) is 0 Å². The zero-order valence-electron chi connectivity index (χ0n) is 9.61. The Labute approximate surface area is 94.8 Å². The summed E-state index contributed by atoms with van der Waals surface area (Å²) in [6.45, 7) is 7.83. The van der Waals surface area contributed by atoms with Gasteiger partial charge in [0, 0.05) is 6.54 Å². The second-order valence-corrected chi connectivity index (χ2v) is 5.16. The van der Waals surface area contributed by atoms with Crippen LogP contribution in [-0.4, -0.2) is 34.0 Å². The van der Waals surface area contributed by atoms with Crippen LogP contribution >= 0.6 is 11.8 Å². The standard InChI is InChI=1S/C10H19NO3S/c1-5-11-9(12)7(4)15-8(6(2)3)10(13)14/h6-8H,5H2,1-4H3,(H,11,12)(H,13,14). The average molecular weight is 233 g/mol. The summed E-state index contributed by atoms with van der Waals surface area (Å²) in [6, 6.07) is 0. The SMILES string of the molecule is CCNC(=O)C(C)SC(C(=O)O)C(C)C. The first-order valence-electron chi connectivity index (χ1n) is 5.06. The Balaban J connectivity index is 4.28. The van der Waals surface area contributed by atoms with E-state index in [9.17, 15) is 9.59 Å². The molecule has 0 aliphatic heterocycles. The molecular formula is C10H19NO3S. The molecule has 0 saturated carbocycles. The fraction of sp³-hybridized carbons (Fsp3) is 0.800. The number of carbonyl (C=O) groups excluding carboxylic acids is 1. The number of thioether (sulfide) groups is 1. The summed E-state index contributed by atoms with van der Waals surface area (Å²) in [5.41, 5.74) is 0. The van der Waals surface area contributed by atoms with Crippen molar-refractivity contribution in [1.29, 1.82) is 0 Å². The third kappa shape index (κ3) is 5.06. The third-order valence-electron chi connectivity index (χ3n) is 1.92. The van der Waals surface area contributed by atoms with Crippen molar-refractivity contribution in [2.24, 2.45) is 5.92 Å². The molecule has 88 valence electrons. The van der Waals surface area contributed by atoms with E-state index in [-0.39, 0.29) is 17.1 Å². The van der Waals surface area contributed by atoms with Gasteiger partial charge in [0.15, 0.2) is 0 Å². The lowest BCUT2D eigenvalue weighted by Gasteiger charge is -2.19. The summed E-state index contributed by atoms with van der Waals surface area (Å²) < 4.78 is 0. The zero-order chi connectivity index (χ0) is 12.0. The second-order valence-electron chi connectivity index (χ2n) is 3.68. The van der Waals surface area contributed by atoms with E-state index < -0.39 is 11.2 Å². The lowest BCUT2D eigenvalue weighted by molar-refractivity contribution is -0.137. The number of carbonyl (C=O) groups is 2. The lowest BCUT2D eigenvalue weighted by atomic mass is 10.1. The average Bonchev–Trinajstić information content (AvgIpc) is 2.12. The van der Waals surface area contributed by atoms with Crippen LogP contribution in [0.5, 0.6) is 0 Å². The summed E-state index contributed by atoms with van der Waals surface area (Å²) in [5.74, 6) is -0.940. The summed E-state index contributed by atoms with van der Waals surface area (Å²) >= 11 is 1.20. The molecule has 0 aromatic carbocycles. The molecule has 0 aromatic heterocycles. The van der Waals surface area contributed by atoms with Crippen molar-refractivity contribution in [3.05, 3.63) is 0 Å². The molecule has 2 N–H and O–H groups in total. The van der Waals surface area contributed by atoms with Crippen molar-refractivity contribution in [2.45, 2.75) is 38.2 Å². The first-order valence-corrected chi connectivity index (χ1v) is 6.00. The molecule has 0 rings (SSSR count). The van der Waals surface area contributed by atoms with Crippen molar-refractivity contribution < 1.29 is 14.7 Å². The van der Waals surface area contributed by atoms with E-state index in [1.54, 1.807) is 6.92 Å². The third-order valence-corrected chi connectivity index (χ3v) is 3.58. The van der Waals surface area contributed by atoms with Crippen molar-refractivity contribution >= 4 is 23.6 Å². The number of hydrogen-bond acceptors (Lipinski definition) is 3. The van der Waals surface area contributed by atoms with Crippen molar-refractivity contribution in [2.75, 3.05) is 6.54 Å². The van der Waals surface area contributed by atoms with Gasteiger partial charge in [0.05, 0.1) is 5.25 Å². The minimum Gasteiger partial charge on any atom is -0.480 e. The maximum absolute atomic E-state index is 11.4. The summed E-state index contributed by atoms with van der Waals surface area (Å²) in [7, 11) is 0. The Morgan fingerprint density at radius 3 is 2.20 bits per heavy atom. The Kier molecular flexibility index (Phi) is 6.40. The van der Waals surface area contributed by atoms with Gasteiger partial charge in [0.25, 0.3) is 0 Å². The fourth-order valence-electron chi connectivity index (χ4n) is 1.10. The van der Waals surface area contributed by atoms with Crippen LogP contribution in [0.4, 0.5) is 0 Å². The molecule has 5 heteroatoms. The van der Waals surface area contributed by atoms with E-state index in [2.05, 4.69) is 5.32 Å². The minimum atomic E-state index is -0.855. The minimum absolute atomic E-state index is 0.0179. The number of carboxylic acids is 1. The van der Waals surface area contributed by atoms with Crippen LogP contribution in [0.25, 0.3) is 0 Å². The monoisotopic (exact) mass is 233 g/mol. The fourth-order valence-corrected chi connectivity index (χ4v) is 2.18. The number of amides is 1. The van der Waals surface area contributed by atoms with Crippen LogP contribution in [0.3, 0.4) is 0 Å². The Hall–Kier alpha value is -0.710. The molecule has 1 amide bonds. The predicted molar refractivity (Wildman–Crippen MR) is 62.0 cm³/mol. The van der Waals surface area contributed by atoms with E-state index in [1.165, 1.54) is 11.8 Å². The zero-order valence-corrected chi connectivity index (χ0v) is 10.4. The number of aliphatic carboxylic acids is 1. The van der Waals surface area contributed by atoms with Crippen LogP contribution in [0.1, 0.15) is 27.7 Å². The van der Waals surface area contributed by atoms with E-state index in [0.717, 1.165) is 0 Å². The van der Waals surface area contributed by atoms with Gasteiger partial charge < -0.3 is 10.4 Å². The Morgan fingerprint density at radius 2 is 1.87 bits per heavy atom. The van der Waals surface area contributed by atoms with Gasteiger partial charge in [-0.25, -0.2) is 0 Å². The van der Waals surface area contributed by atoms with E-state index in [4.69, 9.17) is 5.11 Å². The first-order chi connectivity index (χ1) is 6.90. The van der Waals surface area contributed by atoms with E-state index in [0.29, 0.717) is 6.54 Å². The topological polar surface area (TPSA) is 66.4 Å². The molecule has 2 atom stereocenters. The predicted octanol–water partition coefficient (Wildman–Crippen LogP) is 1.35. The number of rotatable bonds is 6. The van der Waals surface area contributed by atoms with Crippen LogP contribution in [-0.2, 0) is 9.59 Å². The highest BCUT2D eigenvalue weighted by Gasteiger charge is 2.26. The van der Waals surface area contributed by atoms with Gasteiger partial charge in [-0.1, -0.05) is 13.8 Å². The quantitative estimate of drug-likeness (QED) is 0.727. The molecule has 0 aromatic rings. The van der Waals surface area contributed by atoms with Crippen molar-refractivity contribution in [3.63, 3.8) is 0 Å². The molecule has 0 aliphatic carbocycles.